The highest BCUT2D eigenvalue weighted by Crippen LogP contribution is 2.27. The summed E-state index contributed by atoms with van der Waals surface area (Å²) in [6, 6.07) is 3.55. The second-order valence-corrected chi connectivity index (χ2v) is 6.66. The molecule has 1 saturated heterocycles. The van der Waals surface area contributed by atoms with E-state index in [-0.39, 0.29) is 18.9 Å². The molecule has 1 atom stereocenters. The van der Waals surface area contributed by atoms with E-state index < -0.39 is 21.9 Å². The number of nitrogens with zero attached hydrogens (tertiary/aromatic N) is 2. The topological polar surface area (TPSA) is 67.3 Å². The molecule has 1 aromatic rings. The number of anilines is 1. The van der Waals surface area contributed by atoms with Crippen molar-refractivity contribution in [2.45, 2.75) is 6.42 Å². The normalized spacial score (nSPS) is 20.4. The Balaban J connectivity index is 2.18. The van der Waals surface area contributed by atoms with E-state index in [2.05, 4.69) is 4.98 Å². The Labute approximate surface area is 118 Å². The van der Waals surface area contributed by atoms with Crippen LogP contribution in [0.3, 0.4) is 0 Å². The third-order valence-electron chi connectivity index (χ3n) is 2.63. The van der Waals surface area contributed by atoms with Crippen molar-refractivity contribution in [2.75, 3.05) is 17.2 Å². The summed E-state index contributed by atoms with van der Waals surface area (Å²) in [5, 5.41) is 0. The van der Waals surface area contributed by atoms with Crippen LogP contribution in [0.25, 0.3) is 0 Å². The van der Waals surface area contributed by atoms with Crippen molar-refractivity contribution in [1.29, 1.82) is 0 Å². The summed E-state index contributed by atoms with van der Waals surface area (Å²) in [5.41, 5.74) is 0. The molecule has 1 unspecified atom stereocenters. The van der Waals surface area contributed by atoms with Gasteiger partial charge in [-0.2, -0.15) is 8.42 Å². The molecular formula is C10H10FIN2O3S. The van der Waals surface area contributed by atoms with Gasteiger partial charge in [0.15, 0.2) is 0 Å². The quantitative estimate of drug-likeness (QED) is 0.583. The summed E-state index contributed by atoms with van der Waals surface area (Å²) in [5.74, 6) is -0.842. The largest absolute Gasteiger partial charge is 0.302 e. The van der Waals surface area contributed by atoms with Gasteiger partial charge in [-0.25, -0.2) is 4.98 Å². The molecule has 8 heteroatoms. The van der Waals surface area contributed by atoms with Gasteiger partial charge in [-0.1, -0.05) is 0 Å². The second kappa shape index (κ2) is 5.08. The summed E-state index contributed by atoms with van der Waals surface area (Å²) in [7, 11) is -4.55. The van der Waals surface area contributed by atoms with Gasteiger partial charge in [0.2, 0.25) is 5.91 Å². The van der Waals surface area contributed by atoms with Crippen LogP contribution in [0.2, 0.25) is 0 Å². The maximum atomic E-state index is 12.6. The Morgan fingerprint density at radius 1 is 1.56 bits per heavy atom. The van der Waals surface area contributed by atoms with Crippen molar-refractivity contribution in [2.24, 2.45) is 5.92 Å². The molecule has 2 heterocycles. The predicted octanol–water partition coefficient (Wildman–Crippen LogP) is 1.34. The molecule has 0 spiro atoms. The minimum absolute atomic E-state index is 0.0375. The molecule has 0 saturated carbocycles. The number of hydrogen-bond acceptors (Lipinski definition) is 4. The van der Waals surface area contributed by atoms with Gasteiger partial charge >= 0.3 is 10.2 Å². The van der Waals surface area contributed by atoms with Gasteiger partial charge in [0.05, 0.1) is 9.32 Å². The SMILES string of the molecule is O=C1CC(CS(=O)(=O)F)CN1c1ncccc1I. The van der Waals surface area contributed by atoms with Crippen molar-refractivity contribution >= 4 is 44.5 Å². The molecule has 0 N–H and O–H groups in total. The molecule has 18 heavy (non-hydrogen) atoms. The smallest absolute Gasteiger partial charge is 0.296 e. The van der Waals surface area contributed by atoms with Crippen LogP contribution in [0, 0.1) is 9.49 Å². The van der Waals surface area contributed by atoms with Crippen molar-refractivity contribution in [3.63, 3.8) is 0 Å². The maximum Gasteiger partial charge on any atom is 0.302 e. The van der Waals surface area contributed by atoms with E-state index in [0.717, 1.165) is 3.57 Å². The Kier molecular flexibility index (Phi) is 3.85. The monoisotopic (exact) mass is 384 g/mol. The number of carbonyl (C=O) groups is 1. The minimum atomic E-state index is -4.55. The summed E-state index contributed by atoms with van der Waals surface area (Å²) in [6.45, 7) is 0.189. The van der Waals surface area contributed by atoms with E-state index in [0.29, 0.717) is 5.82 Å². The highest BCUT2D eigenvalue weighted by atomic mass is 127. The van der Waals surface area contributed by atoms with Crippen molar-refractivity contribution in [3.05, 3.63) is 21.9 Å². The molecule has 1 aromatic heterocycles. The molecule has 5 nitrogen and oxygen atoms in total. The average molecular weight is 384 g/mol. The molecule has 1 amide bonds. The van der Waals surface area contributed by atoms with Gasteiger partial charge in [0, 0.05) is 25.1 Å². The summed E-state index contributed by atoms with van der Waals surface area (Å²) >= 11 is 2.05. The Morgan fingerprint density at radius 3 is 2.89 bits per heavy atom. The van der Waals surface area contributed by atoms with Crippen LogP contribution in [0.1, 0.15) is 6.42 Å². The molecule has 2 rings (SSSR count). The van der Waals surface area contributed by atoms with Crippen molar-refractivity contribution in [1.82, 2.24) is 4.98 Å². The predicted molar refractivity (Wildman–Crippen MR) is 72.3 cm³/mol. The van der Waals surface area contributed by atoms with Crippen LogP contribution in [-0.4, -0.2) is 31.6 Å². The fourth-order valence-electron chi connectivity index (χ4n) is 1.96. The maximum absolute atomic E-state index is 12.6. The summed E-state index contributed by atoms with van der Waals surface area (Å²) in [4.78, 5) is 17.3. The zero-order chi connectivity index (χ0) is 13.3. The first-order valence-electron chi connectivity index (χ1n) is 5.20. The molecule has 0 aliphatic carbocycles. The molecule has 1 aliphatic heterocycles. The first kappa shape index (κ1) is 13.7. The zero-order valence-electron chi connectivity index (χ0n) is 9.21. The van der Waals surface area contributed by atoms with Gasteiger partial charge in [-0.15, -0.1) is 3.89 Å². The van der Waals surface area contributed by atoms with Gasteiger partial charge < -0.3 is 0 Å². The molecule has 98 valence electrons. The van der Waals surface area contributed by atoms with Crippen molar-refractivity contribution in [3.8, 4) is 0 Å². The molecule has 0 aromatic carbocycles. The average Bonchev–Trinajstić information content (AvgIpc) is 2.57. The van der Waals surface area contributed by atoms with Crippen LogP contribution < -0.4 is 4.90 Å². The lowest BCUT2D eigenvalue weighted by atomic mass is 10.1. The van der Waals surface area contributed by atoms with Gasteiger partial charge in [-0.3, -0.25) is 9.69 Å². The van der Waals surface area contributed by atoms with Gasteiger partial charge in [0.1, 0.15) is 5.82 Å². The Hall–Kier alpha value is -0.770. The van der Waals surface area contributed by atoms with Gasteiger partial charge in [-0.05, 0) is 34.7 Å². The van der Waals surface area contributed by atoms with Crippen LogP contribution in [0.15, 0.2) is 18.3 Å². The first-order chi connectivity index (χ1) is 8.37. The van der Waals surface area contributed by atoms with E-state index in [4.69, 9.17) is 0 Å². The fourth-order valence-corrected chi connectivity index (χ4v) is 3.38. The molecule has 1 aliphatic rings. The van der Waals surface area contributed by atoms with Crippen LogP contribution in [0.4, 0.5) is 9.70 Å². The summed E-state index contributed by atoms with van der Waals surface area (Å²) < 4.78 is 34.6. The number of halogens is 2. The van der Waals surface area contributed by atoms with E-state index in [1.807, 2.05) is 22.6 Å². The number of rotatable bonds is 3. The van der Waals surface area contributed by atoms with E-state index >= 15 is 0 Å². The zero-order valence-corrected chi connectivity index (χ0v) is 12.2. The first-order valence-corrected chi connectivity index (χ1v) is 7.83. The third-order valence-corrected chi connectivity index (χ3v) is 4.35. The highest BCUT2D eigenvalue weighted by molar-refractivity contribution is 14.1. The standard InChI is InChI=1S/C10H10FIN2O3S/c11-18(16,17)6-7-4-9(15)14(5-7)10-8(12)2-1-3-13-10/h1-3,7H,4-6H2. The molecular weight excluding hydrogens is 374 g/mol. The van der Waals surface area contributed by atoms with E-state index in [1.165, 1.54) is 4.90 Å². The number of aromatic nitrogens is 1. The van der Waals surface area contributed by atoms with Crippen LogP contribution in [0.5, 0.6) is 0 Å². The van der Waals surface area contributed by atoms with Crippen LogP contribution >= 0.6 is 22.6 Å². The Morgan fingerprint density at radius 2 is 2.28 bits per heavy atom. The second-order valence-electron chi connectivity index (χ2n) is 4.09. The molecule has 1 fully saturated rings. The highest BCUT2D eigenvalue weighted by Gasteiger charge is 2.34. The van der Waals surface area contributed by atoms with Crippen LogP contribution in [-0.2, 0) is 15.0 Å². The number of carbonyl (C=O) groups excluding carboxylic acids is 1. The lowest BCUT2D eigenvalue weighted by Crippen LogP contribution is -2.27. The lowest BCUT2D eigenvalue weighted by Gasteiger charge is -2.16. The fraction of sp³-hybridized carbons (Fsp3) is 0.400. The van der Waals surface area contributed by atoms with E-state index in [9.17, 15) is 17.1 Å². The third kappa shape index (κ3) is 3.16. The summed E-state index contributed by atoms with van der Waals surface area (Å²) in [6.07, 6.45) is 1.60. The Bertz CT molecular complexity index is 578. The lowest BCUT2D eigenvalue weighted by molar-refractivity contribution is -0.117. The van der Waals surface area contributed by atoms with E-state index in [1.54, 1.807) is 18.3 Å². The molecule has 0 radical (unpaired) electrons. The van der Waals surface area contributed by atoms with Crippen molar-refractivity contribution < 1.29 is 17.1 Å². The van der Waals surface area contributed by atoms with Gasteiger partial charge in [0.25, 0.3) is 0 Å². The number of hydrogen-bond donors (Lipinski definition) is 0. The number of amides is 1. The minimum Gasteiger partial charge on any atom is -0.296 e. The number of pyridine rings is 1. The molecule has 0 bridgehead atoms.